The number of carbonyl (C=O) groups excluding carboxylic acids is 1. The minimum atomic E-state index is -3.20. The molecule has 1 heterocycles. The Morgan fingerprint density at radius 1 is 1.12 bits per heavy atom. The van der Waals surface area contributed by atoms with Crippen LogP contribution in [0.2, 0.25) is 0 Å². The van der Waals surface area contributed by atoms with Gasteiger partial charge in [-0.05, 0) is 44.4 Å². The molecule has 0 aromatic rings. The van der Waals surface area contributed by atoms with Crippen molar-refractivity contribution in [1.82, 2.24) is 9.62 Å². The lowest BCUT2D eigenvalue weighted by molar-refractivity contribution is -0.131. The fourth-order valence-electron chi connectivity index (χ4n) is 3.57. The van der Waals surface area contributed by atoms with Gasteiger partial charge < -0.3 is 10.6 Å². The van der Waals surface area contributed by atoms with Crippen LogP contribution in [0.3, 0.4) is 0 Å². The van der Waals surface area contributed by atoms with Crippen LogP contribution in [0.1, 0.15) is 57.8 Å². The number of carbonyl (C=O) groups is 1. The van der Waals surface area contributed by atoms with Gasteiger partial charge in [0.1, 0.15) is 0 Å². The van der Waals surface area contributed by atoms with E-state index in [2.05, 4.69) is 4.72 Å². The molecular weight excluding hydrogens is 350 g/mol. The summed E-state index contributed by atoms with van der Waals surface area (Å²) < 4.78 is 26.8. The summed E-state index contributed by atoms with van der Waals surface area (Å²) in [5, 5.41) is 0. The van der Waals surface area contributed by atoms with Crippen molar-refractivity contribution in [3.05, 3.63) is 0 Å². The summed E-state index contributed by atoms with van der Waals surface area (Å²) in [5.41, 5.74) is 5.93. The number of rotatable bonds is 8. The molecule has 0 aromatic heterocycles. The van der Waals surface area contributed by atoms with E-state index >= 15 is 0 Å². The second kappa shape index (κ2) is 10.6. The highest BCUT2D eigenvalue weighted by atomic mass is 35.5. The Morgan fingerprint density at radius 2 is 1.75 bits per heavy atom. The van der Waals surface area contributed by atoms with Gasteiger partial charge in [-0.15, -0.1) is 12.4 Å². The molecule has 2 rings (SSSR count). The normalized spacial score (nSPS) is 20.6. The van der Waals surface area contributed by atoms with Crippen LogP contribution in [0.5, 0.6) is 0 Å². The molecule has 0 radical (unpaired) electrons. The first-order valence-electron chi connectivity index (χ1n) is 8.99. The van der Waals surface area contributed by atoms with Gasteiger partial charge in [0.15, 0.2) is 0 Å². The molecule has 3 N–H and O–H groups in total. The average Bonchev–Trinajstić information content (AvgIpc) is 3.05. The lowest BCUT2D eigenvalue weighted by Crippen LogP contribution is -2.42. The third kappa shape index (κ3) is 7.25. The number of halogens is 1. The molecule has 1 saturated heterocycles. The lowest BCUT2D eigenvalue weighted by Gasteiger charge is -2.22. The van der Waals surface area contributed by atoms with Crippen molar-refractivity contribution >= 4 is 28.3 Å². The van der Waals surface area contributed by atoms with Crippen LogP contribution < -0.4 is 10.5 Å². The molecule has 142 valence electrons. The Kier molecular flexibility index (Phi) is 9.56. The number of nitrogens with zero attached hydrogens (tertiary/aromatic N) is 1. The van der Waals surface area contributed by atoms with Gasteiger partial charge in [-0.25, -0.2) is 13.1 Å². The van der Waals surface area contributed by atoms with E-state index in [-0.39, 0.29) is 24.1 Å². The first kappa shape index (κ1) is 21.7. The maximum atomic E-state index is 12.1. The van der Waals surface area contributed by atoms with Gasteiger partial charge >= 0.3 is 0 Å². The number of likely N-dealkylation sites (tertiary alicyclic amines) is 1. The van der Waals surface area contributed by atoms with E-state index in [9.17, 15) is 13.2 Å². The fourth-order valence-corrected chi connectivity index (χ4v) is 5.10. The average molecular weight is 382 g/mol. The summed E-state index contributed by atoms with van der Waals surface area (Å²) in [6, 6.07) is -0.504. The number of nitrogens with one attached hydrogen (secondary N) is 1. The van der Waals surface area contributed by atoms with Crippen molar-refractivity contribution in [2.75, 3.05) is 25.4 Å². The molecule has 8 heteroatoms. The maximum absolute atomic E-state index is 12.1. The van der Waals surface area contributed by atoms with E-state index in [0.29, 0.717) is 25.3 Å². The number of nitrogens with two attached hydrogens (primary N) is 1. The number of amides is 1. The second-order valence-corrected chi connectivity index (χ2v) is 8.81. The molecule has 24 heavy (non-hydrogen) atoms. The van der Waals surface area contributed by atoms with E-state index in [1.807, 2.05) is 4.90 Å². The van der Waals surface area contributed by atoms with Gasteiger partial charge in [0.25, 0.3) is 0 Å². The summed E-state index contributed by atoms with van der Waals surface area (Å²) in [4.78, 5) is 13.9. The summed E-state index contributed by atoms with van der Waals surface area (Å²) in [7, 11) is -3.20. The summed E-state index contributed by atoms with van der Waals surface area (Å²) in [5.74, 6) is 0.555. The highest BCUT2D eigenvalue weighted by Gasteiger charge is 2.24. The standard InChI is InChI=1S/C16H31N3O3S.ClH/c17-15(16(20)19-11-4-5-12-19)9-6-10-18-23(21,22)13-14-7-2-1-3-8-14;/h14-15,18H,1-13,17H2;1H/t15-;/m0./s1. The van der Waals surface area contributed by atoms with E-state index in [1.165, 1.54) is 6.42 Å². The van der Waals surface area contributed by atoms with Gasteiger partial charge in [-0.3, -0.25) is 4.79 Å². The van der Waals surface area contributed by atoms with Crippen LogP contribution in [0.25, 0.3) is 0 Å². The smallest absolute Gasteiger partial charge is 0.239 e. The van der Waals surface area contributed by atoms with Crippen molar-refractivity contribution in [3.8, 4) is 0 Å². The molecule has 1 aliphatic heterocycles. The van der Waals surface area contributed by atoms with Gasteiger partial charge in [0.2, 0.25) is 15.9 Å². The quantitative estimate of drug-likeness (QED) is 0.625. The number of hydrogen-bond donors (Lipinski definition) is 2. The second-order valence-electron chi connectivity index (χ2n) is 6.96. The Labute approximate surface area is 152 Å². The Bertz CT molecular complexity index is 475. The first-order chi connectivity index (χ1) is 11.0. The van der Waals surface area contributed by atoms with Crippen molar-refractivity contribution in [1.29, 1.82) is 0 Å². The predicted octanol–water partition coefficient (Wildman–Crippen LogP) is 1.64. The molecule has 1 atom stereocenters. The van der Waals surface area contributed by atoms with Crippen LogP contribution in [-0.4, -0.2) is 50.7 Å². The van der Waals surface area contributed by atoms with E-state index in [4.69, 9.17) is 5.73 Å². The van der Waals surface area contributed by atoms with E-state index in [1.54, 1.807) is 0 Å². The van der Waals surface area contributed by atoms with Crippen molar-refractivity contribution < 1.29 is 13.2 Å². The van der Waals surface area contributed by atoms with Crippen LogP contribution in [0, 0.1) is 5.92 Å². The largest absolute Gasteiger partial charge is 0.341 e. The highest BCUT2D eigenvalue weighted by molar-refractivity contribution is 7.89. The Hall–Kier alpha value is -0.370. The summed E-state index contributed by atoms with van der Waals surface area (Å²) >= 11 is 0. The molecule has 0 spiro atoms. The molecule has 0 bridgehead atoms. The first-order valence-corrected chi connectivity index (χ1v) is 10.6. The molecule has 6 nitrogen and oxygen atoms in total. The highest BCUT2D eigenvalue weighted by Crippen LogP contribution is 2.24. The molecule has 0 unspecified atom stereocenters. The van der Waals surface area contributed by atoms with E-state index in [0.717, 1.165) is 51.6 Å². The van der Waals surface area contributed by atoms with Crippen LogP contribution in [0.15, 0.2) is 0 Å². The molecule has 2 fully saturated rings. The lowest BCUT2D eigenvalue weighted by atomic mass is 9.91. The molecule has 1 amide bonds. The predicted molar refractivity (Wildman–Crippen MR) is 98.6 cm³/mol. The minimum Gasteiger partial charge on any atom is -0.341 e. The molecule has 2 aliphatic rings. The SMILES string of the molecule is Cl.N[C@@H](CCCNS(=O)(=O)CC1CCCCC1)C(=O)N1CCCC1. The molecule has 1 aliphatic carbocycles. The van der Waals surface area contributed by atoms with Crippen LogP contribution in [-0.2, 0) is 14.8 Å². The summed E-state index contributed by atoms with van der Waals surface area (Å²) in [6.07, 6.45) is 8.81. The zero-order valence-electron chi connectivity index (χ0n) is 14.4. The Morgan fingerprint density at radius 3 is 2.38 bits per heavy atom. The van der Waals surface area contributed by atoms with Crippen LogP contribution >= 0.6 is 12.4 Å². The third-order valence-electron chi connectivity index (χ3n) is 4.93. The number of hydrogen-bond acceptors (Lipinski definition) is 4. The van der Waals surface area contributed by atoms with Crippen molar-refractivity contribution in [2.24, 2.45) is 11.7 Å². The topological polar surface area (TPSA) is 92.5 Å². The van der Waals surface area contributed by atoms with Crippen LogP contribution in [0.4, 0.5) is 0 Å². The molecule has 1 saturated carbocycles. The van der Waals surface area contributed by atoms with Gasteiger partial charge in [-0.2, -0.15) is 0 Å². The Balaban J connectivity index is 0.00000288. The maximum Gasteiger partial charge on any atom is 0.239 e. The fraction of sp³-hybridized carbons (Fsp3) is 0.938. The molecular formula is C16H32ClN3O3S. The van der Waals surface area contributed by atoms with E-state index < -0.39 is 16.1 Å². The van der Waals surface area contributed by atoms with Gasteiger partial charge in [0, 0.05) is 19.6 Å². The third-order valence-corrected chi connectivity index (χ3v) is 6.48. The van der Waals surface area contributed by atoms with Crippen molar-refractivity contribution in [3.63, 3.8) is 0 Å². The molecule has 0 aromatic carbocycles. The monoisotopic (exact) mass is 381 g/mol. The van der Waals surface area contributed by atoms with Crippen molar-refractivity contribution in [2.45, 2.75) is 63.8 Å². The zero-order chi connectivity index (χ0) is 16.7. The van der Waals surface area contributed by atoms with Gasteiger partial charge in [-0.1, -0.05) is 19.3 Å². The summed E-state index contributed by atoms with van der Waals surface area (Å²) in [6.45, 7) is 1.98. The van der Waals surface area contributed by atoms with Gasteiger partial charge in [0.05, 0.1) is 11.8 Å². The number of sulfonamides is 1. The minimum absolute atomic E-state index is 0. The zero-order valence-corrected chi connectivity index (χ0v) is 16.0.